The molecule has 24 heavy (non-hydrogen) atoms. The van der Waals surface area contributed by atoms with E-state index in [1.807, 2.05) is 37.3 Å². The van der Waals surface area contributed by atoms with E-state index in [0.29, 0.717) is 0 Å². The van der Waals surface area contributed by atoms with Crippen LogP contribution >= 0.6 is 11.8 Å². The first kappa shape index (κ1) is 17.0. The maximum Gasteiger partial charge on any atom is 0.233 e. The standard InChI is InChI=1S/C20H24N2OS/c1-15(20(23)21-14-13-16-7-3-2-4-8-16)24-19-12-11-17-9-5-6-10-18(17)22-19/h5-7,9-12,15H,2-4,8,13-14H2,1H3,(H,21,23)/t15-/m0/s1. The number of carbonyl (C=O) groups is 1. The molecule has 1 N–H and O–H groups in total. The lowest BCUT2D eigenvalue weighted by molar-refractivity contribution is -0.120. The van der Waals surface area contributed by atoms with Crippen LogP contribution in [-0.4, -0.2) is 22.7 Å². The lowest BCUT2D eigenvalue weighted by atomic mass is 9.97. The van der Waals surface area contributed by atoms with E-state index in [0.717, 1.165) is 28.9 Å². The maximum absolute atomic E-state index is 12.3. The van der Waals surface area contributed by atoms with Crippen molar-refractivity contribution in [3.8, 4) is 0 Å². The molecule has 0 aliphatic heterocycles. The summed E-state index contributed by atoms with van der Waals surface area (Å²) in [6, 6.07) is 12.1. The number of benzene rings is 1. The number of fused-ring (bicyclic) bond motifs is 1. The van der Waals surface area contributed by atoms with Gasteiger partial charge in [-0.15, -0.1) is 0 Å². The van der Waals surface area contributed by atoms with E-state index in [4.69, 9.17) is 0 Å². The van der Waals surface area contributed by atoms with Crippen LogP contribution < -0.4 is 5.32 Å². The molecule has 0 fully saturated rings. The average molecular weight is 340 g/mol. The molecule has 2 aromatic rings. The summed E-state index contributed by atoms with van der Waals surface area (Å²) in [5.74, 6) is 0.0892. The molecular weight excluding hydrogens is 316 g/mol. The smallest absolute Gasteiger partial charge is 0.233 e. The molecule has 1 aromatic heterocycles. The number of hydrogen-bond donors (Lipinski definition) is 1. The van der Waals surface area contributed by atoms with Crippen molar-refractivity contribution in [2.75, 3.05) is 6.54 Å². The van der Waals surface area contributed by atoms with Crippen molar-refractivity contribution >= 4 is 28.6 Å². The zero-order valence-electron chi connectivity index (χ0n) is 14.1. The Balaban J connectivity index is 1.50. The summed E-state index contributed by atoms with van der Waals surface area (Å²) in [6.07, 6.45) is 8.32. The van der Waals surface area contributed by atoms with Crippen LogP contribution in [0.5, 0.6) is 0 Å². The second-order valence-electron chi connectivity index (χ2n) is 6.25. The van der Waals surface area contributed by atoms with E-state index in [1.54, 1.807) is 0 Å². The van der Waals surface area contributed by atoms with Gasteiger partial charge in [-0.25, -0.2) is 4.98 Å². The molecule has 1 aliphatic rings. The van der Waals surface area contributed by atoms with E-state index in [9.17, 15) is 4.79 Å². The number of para-hydroxylation sites is 1. The SMILES string of the molecule is C[C@H](Sc1ccc2ccccc2n1)C(=O)NCCC1=CCCCC1. The molecule has 126 valence electrons. The van der Waals surface area contributed by atoms with Gasteiger partial charge in [-0.1, -0.05) is 47.7 Å². The van der Waals surface area contributed by atoms with Gasteiger partial charge in [-0.05, 0) is 51.2 Å². The van der Waals surface area contributed by atoms with Crippen LogP contribution in [0.2, 0.25) is 0 Å². The Hall–Kier alpha value is -1.81. The molecule has 0 unspecified atom stereocenters. The van der Waals surface area contributed by atoms with Crippen molar-refractivity contribution in [3.05, 3.63) is 48.0 Å². The van der Waals surface area contributed by atoms with Crippen LogP contribution in [-0.2, 0) is 4.79 Å². The number of nitrogens with zero attached hydrogens (tertiary/aromatic N) is 1. The van der Waals surface area contributed by atoms with Gasteiger partial charge in [0.15, 0.2) is 0 Å². The fourth-order valence-electron chi connectivity index (χ4n) is 2.97. The Bertz CT molecular complexity index is 741. The molecule has 0 radical (unpaired) electrons. The molecule has 1 atom stereocenters. The lowest BCUT2D eigenvalue weighted by Gasteiger charge is -2.15. The van der Waals surface area contributed by atoms with Gasteiger partial charge in [-0.3, -0.25) is 4.79 Å². The summed E-state index contributed by atoms with van der Waals surface area (Å²) in [6.45, 7) is 2.68. The number of amides is 1. The molecule has 0 saturated carbocycles. The second-order valence-corrected chi connectivity index (χ2v) is 7.61. The van der Waals surface area contributed by atoms with Crippen LogP contribution in [0.3, 0.4) is 0 Å². The predicted octanol–water partition coefficient (Wildman–Crippen LogP) is 4.72. The van der Waals surface area contributed by atoms with Crippen LogP contribution in [0.25, 0.3) is 10.9 Å². The van der Waals surface area contributed by atoms with Crippen LogP contribution in [0.4, 0.5) is 0 Å². The third-order valence-electron chi connectivity index (χ3n) is 4.37. The Morgan fingerprint density at radius 3 is 2.96 bits per heavy atom. The van der Waals surface area contributed by atoms with Gasteiger partial charge in [0.2, 0.25) is 5.91 Å². The molecule has 0 spiro atoms. The normalized spacial score (nSPS) is 15.8. The number of rotatable bonds is 6. The lowest BCUT2D eigenvalue weighted by Crippen LogP contribution is -2.31. The molecule has 4 heteroatoms. The van der Waals surface area contributed by atoms with E-state index in [1.165, 1.54) is 43.0 Å². The van der Waals surface area contributed by atoms with E-state index >= 15 is 0 Å². The largest absolute Gasteiger partial charge is 0.355 e. The van der Waals surface area contributed by atoms with Gasteiger partial charge in [0.25, 0.3) is 0 Å². The van der Waals surface area contributed by atoms with Gasteiger partial charge in [-0.2, -0.15) is 0 Å². The van der Waals surface area contributed by atoms with Crippen molar-refractivity contribution in [1.29, 1.82) is 0 Å². The third kappa shape index (κ3) is 4.60. The van der Waals surface area contributed by atoms with Crippen molar-refractivity contribution in [1.82, 2.24) is 10.3 Å². The fraction of sp³-hybridized carbons (Fsp3) is 0.400. The summed E-state index contributed by atoms with van der Waals surface area (Å²) in [7, 11) is 0. The molecule has 1 aromatic carbocycles. The van der Waals surface area contributed by atoms with Crippen LogP contribution in [0, 0.1) is 0 Å². The van der Waals surface area contributed by atoms with Crippen molar-refractivity contribution in [3.63, 3.8) is 0 Å². The number of aromatic nitrogens is 1. The van der Waals surface area contributed by atoms with Gasteiger partial charge in [0, 0.05) is 11.9 Å². The minimum atomic E-state index is -0.140. The van der Waals surface area contributed by atoms with E-state index in [-0.39, 0.29) is 11.2 Å². The molecule has 3 nitrogen and oxygen atoms in total. The van der Waals surface area contributed by atoms with Crippen LogP contribution in [0.1, 0.15) is 39.0 Å². The van der Waals surface area contributed by atoms with Crippen molar-refractivity contribution in [2.24, 2.45) is 0 Å². The third-order valence-corrected chi connectivity index (χ3v) is 5.41. The Labute approximate surface area is 147 Å². The highest BCUT2D eigenvalue weighted by Gasteiger charge is 2.15. The van der Waals surface area contributed by atoms with Crippen molar-refractivity contribution in [2.45, 2.75) is 49.3 Å². The summed E-state index contributed by atoms with van der Waals surface area (Å²) < 4.78 is 0. The molecule has 1 amide bonds. The number of thioether (sulfide) groups is 1. The van der Waals surface area contributed by atoms with E-state index < -0.39 is 0 Å². The minimum Gasteiger partial charge on any atom is -0.355 e. The second kappa shape index (κ2) is 8.34. The summed E-state index contributed by atoms with van der Waals surface area (Å²) in [5.41, 5.74) is 2.47. The van der Waals surface area contributed by atoms with E-state index in [2.05, 4.69) is 22.4 Å². The molecule has 3 rings (SSSR count). The Morgan fingerprint density at radius 1 is 1.25 bits per heavy atom. The summed E-state index contributed by atoms with van der Waals surface area (Å²) in [4.78, 5) is 16.9. The summed E-state index contributed by atoms with van der Waals surface area (Å²) in [5, 5.41) is 4.94. The predicted molar refractivity (Wildman–Crippen MR) is 101 cm³/mol. The number of hydrogen-bond acceptors (Lipinski definition) is 3. The molecule has 0 bridgehead atoms. The topological polar surface area (TPSA) is 42.0 Å². The zero-order chi connectivity index (χ0) is 16.8. The molecule has 1 heterocycles. The first-order valence-electron chi connectivity index (χ1n) is 8.70. The van der Waals surface area contributed by atoms with Gasteiger partial charge in [0.05, 0.1) is 15.8 Å². The molecule has 1 aliphatic carbocycles. The molecular formula is C20H24N2OS. The quantitative estimate of drug-likeness (QED) is 0.611. The molecule has 0 saturated heterocycles. The Kier molecular flexibility index (Phi) is 5.91. The Morgan fingerprint density at radius 2 is 2.12 bits per heavy atom. The monoisotopic (exact) mass is 340 g/mol. The minimum absolute atomic E-state index is 0.0892. The number of nitrogens with one attached hydrogen (secondary N) is 1. The zero-order valence-corrected chi connectivity index (χ0v) is 14.9. The maximum atomic E-state index is 12.3. The van der Waals surface area contributed by atoms with Gasteiger partial charge in [0.1, 0.15) is 0 Å². The summed E-state index contributed by atoms with van der Waals surface area (Å²) >= 11 is 1.51. The van der Waals surface area contributed by atoms with Gasteiger partial charge < -0.3 is 5.32 Å². The van der Waals surface area contributed by atoms with Crippen LogP contribution in [0.15, 0.2) is 53.1 Å². The number of pyridine rings is 1. The first-order chi connectivity index (χ1) is 11.7. The number of allylic oxidation sites excluding steroid dienone is 1. The average Bonchev–Trinajstić information content (AvgIpc) is 2.62. The highest BCUT2D eigenvalue weighted by atomic mass is 32.2. The highest BCUT2D eigenvalue weighted by molar-refractivity contribution is 8.00. The fourth-order valence-corrected chi connectivity index (χ4v) is 3.82. The first-order valence-corrected chi connectivity index (χ1v) is 9.58. The number of carbonyl (C=O) groups excluding carboxylic acids is 1. The van der Waals surface area contributed by atoms with Gasteiger partial charge >= 0.3 is 0 Å². The highest BCUT2D eigenvalue weighted by Crippen LogP contribution is 2.24. The van der Waals surface area contributed by atoms with Crippen molar-refractivity contribution < 1.29 is 4.79 Å².